The maximum atomic E-state index is 12.3. The van der Waals surface area contributed by atoms with Gasteiger partial charge in [0.2, 0.25) is 0 Å². The van der Waals surface area contributed by atoms with Crippen molar-refractivity contribution in [1.82, 2.24) is 9.88 Å². The van der Waals surface area contributed by atoms with E-state index in [1.54, 1.807) is 0 Å². The Morgan fingerprint density at radius 3 is 2.69 bits per heavy atom. The molecule has 1 aliphatic rings. The van der Waals surface area contributed by atoms with E-state index in [1.807, 2.05) is 25.7 Å². The quantitative estimate of drug-likeness (QED) is 0.804. The summed E-state index contributed by atoms with van der Waals surface area (Å²) in [7, 11) is 0. The van der Waals surface area contributed by atoms with Gasteiger partial charge >= 0.3 is 0 Å². The second-order valence-electron chi connectivity index (χ2n) is 4.34. The maximum Gasteiger partial charge on any atom is 0.266 e. The molecule has 2 N–H and O–H groups in total. The van der Waals surface area contributed by atoms with Crippen LogP contribution in [0, 0.1) is 13.8 Å². The number of amides is 1. The Morgan fingerprint density at radius 1 is 1.56 bits per heavy atom. The van der Waals surface area contributed by atoms with E-state index in [-0.39, 0.29) is 18.0 Å². The highest BCUT2D eigenvalue weighted by Crippen LogP contribution is 2.24. The highest BCUT2D eigenvalue weighted by atomic mass is 32.1. The maximum absolute atomic E-state index is 12.3. The number of hydrogen-bond donors (Lipinski definition) is 1. The third-order valence-corrected chi connectivity index (χ3v) is 4.23. The molecule has 0 spiro atoms. The number of carbonyl (C=O) groups is 1. The first-order valence-electron chi connectivity index (χ1n) is 5.51. The Bertz CT molecular complexity index is 415. The van der Waals surface area contributed by atoms with Gasteiger partial charge < -0.3 is 10.6 Å². The fraction of sp³-hybridized carbons (Fsp3) is 0.636. The van der Waals surface area contributed by atoms with Gasteiger partial charge in [0.15, 0.2) is 0 Å². The van der Waals surface area contributed by atoms with Crippen LogP contribution in [-0.4, -0.2) is 34.4 Å². The number of likely N-dealkylation sites (tertiary alicyclic amines) is 1. The summed E-state index contributed by atoms with van der Waals surface area (Å²) >= 11 is 1.47. The number of carbonyl (C=O) groups excluding carboxylic acids is 1. The van der Waals surface area contributed by atoms with Crippen LogP contribution in [0.5, 0.6) is 0 Å². The number of hydrogen-bond acceptors (Lipinski definition) is 4. The molecule has 2 heterocycles. The summed E-state index contributed by atoms with van der Waals surface area (Å²) in [6.45, 7) is 6.58. The summed E-state index contributed by atoms with van der Waals surface area (Å²) < 4.78 is 0. The number of nitrogens with two attached hydrogens (primary N) is 1. The van der Waals surface area contributed by atoms with Gasteiger partial charge in [0.25, 0.3) is 5.91 Å². The lowest BCUT2D eigenvalue weighted by Crippen LogP contribution is -2.40. The van der Waals surface area contributed by atoms with Gasteiger partial charge in [-0.25, -0.2) is 4.98 Å². The van der Waals surface area contributed by atoms with Crippen molar-refractivity contribution in [3.8, 4) is 0 Å². The van der Waals surface area contributed by atoms with Crippen molar-refractivity contribution >= 4 is 17.2 Å². The average Bonchev–Trinajstić information content (AvgIpc) is 2.71. The highest BCUT2D eigenvalue weighted by molar-refractivity contribution is 7.13. The molecular formula is C11H17N3OS. The molecule has 4 nitrogen and oxygen atoms in total. The number of nitrogens with zero attached hydrogens (tertiary/aromatic N) is 2. The predicted octanol–water partition coefficient (Wildman–Crippen LogP) is 1.32. The Balaban J connectivity index is 2.23. The van der Waals surface area contributed by atoms with Gasteiger partial charge in [-0.15, -0.1) is 11.3 Å². The van der Waals surface area contributed by atoms with E-state index in [2.05, 4.69) is 4.98 Å². The number of rotatable bonds is 1. The second-order valence-corrected chi connectivity index (χ2v) is 5.54. The smallest absolute Gasteiger partial charge is 0.266 e. The van der Waals surface area contributed by atoms with E-state index < -0.39 is 0 Å². The molecule has 0 saturated carbocycles. The topological polar surface area (TPSA) is 59.2 Å². The van der Waals surface area contributed by atoms with E-state index in [0.29, 0.717) is 0 Å². The van der Waals surface area contributed by atoms with Gasteiger partial charge in [0.1, 0.15) is 4.88 Å². The van der Waals surface area contributed by atoms with Crippen LogP contribution in [0.2, 0.25) is 0 Å². The molecule has 1 aromatic rings. The van der Waals surface area contributed by atoms with E-state index >= 15 is 0 Å². The monoisotopic (exact) mass is 239 g/mol. The Kier molecular flexibility index (Phi) is 2.99. The first-order chi connectivity index (χ1) is 7.50. The number of aromatic nitrogens is 1. The molecule has 0 bridgehead atoms. The van der Waals surface area contributed by atoms with Crippen molar-refractivity contribution in [3.63, 3.8) is 0 Å². The van der Waals surface area contributed by atoms with Gasteiger partial charge in [0.05, 0.1) is 10.7 Å². The van der Waals surface area contributed by atoms with Gasteiger partial charge in [-0.3, -0.25) is 4.79 Å². The summed E-state index contributed by atoms with van der Waals surface area (Å²) in [6.07, 6.45) is 0.893. The normalized spacial score (nSPS) is 25.1. The van der Waals surface area contributed by atoms with E-state index in [1.165, 1.54) is 11.3 Å². The summed E-state index contributed by atoms with van der Waals surface area (Å²) in [6, 6.07) is 0.243. The molecule has 5 heteroatoms. The largest absolute Gasteiger partial charge is 0.334 e. The third kappa shape index (κ3) is 1.85. The van der Waals surface area contributed by atoms with Gasteiger partial charge in [-0.2, -0.15) is 0 Å². The van der Waals surface area contributed by atoms with Crippen molar-refractivity contribution in [2.45, 2.75) is 39.3 Å². The molecule has 1 aromatic heterocycles. The zero-order valence-electron chi connectivity index (χ0n) is 9.86. The summed E-state index contributed by atoms with van der Waals surface area (Å²) in [5.74, 6) is 0.0866. The lowest BCUT2D eigenvalue weighted by atomic mass is 10.2. The molecule has 88 valence electrons. The average molecular weight is 239 g/mol. The van der Waals surface area contributed by atoms with Crippen molar-refractivity contribution in [2.75, 3.05) is 6.54 Å². The highest BCUT2D eigenvalue weighted by Gasteiger charge is 2.33. The molecule has 1 amide bonds. The Morgan fingerprint density at radius 2 is 2.25 bits per heavy atom. The number of aryl methyl sites for hydroxylation is 2. The molecule has 2 rings (SSSR count). The molecule has 1 fully saturated rings. The fourth-order valence-corrected chi connectivity index (χ4v) is 2.99. The van der Waals surface area contributed by atoms with Crippen LogP contribution >= 0.6 is 11.3 Å². The minimum absolute atomic E-state index is 0.0866. The zero-order valence-corrected chi connectivity index (χ0v) is 10.7. The third-order valence-electron chi connectivity index (χ3n) is 3.17. The van der Waals surface area contributed by atoms with Crippen molar-refractivity contribution < 1.29 is 4.79 Å². The van der Waals surface area contributed by atoms with Crippen LogP contribution in [0.4, 0.5) is 0 Å². The summed E-state index contributed by atoms with van der Waals surface area (Å²) in [5, 5.41) is 0.942. The van der Waals surface area contributed by atoms with Crippen LogP contribution in [0.1, 0.15) is 33.7 Å². The van der Waals surface area contributed by atoms with Crippen molar-refractivity contribution in [2.24, 2.45) is 5.73 Å². The fourth-order valence-electron chi connectivity index (χ4n) is 2.11. The van der Waals surface area contributed by atoms with Gasteiger partial charge in [0, 0.05) is 18.6 Å². The molecule has 16 heavy (non-hydrogen) atoms. The van der Waals surface area contributed by atoms with Crippen LogP contribution in [0.25, 0.3) is 0 Å². The van der Waals surface area contributed by atoms with Crippen LogP contribution in [-0.2, 0) is 0 Å². The SMILES string of the molecule is Cc1nc(C)c(C(=O)N2CCC(N)C2C)s1. The predicted molar refractivity (Wildman–Crippen MR) is 64.7 cm³/mol. The van der Waals surface area contributed by atoms with Crippen molar-refractivity contribution in [1.29, 1.82) is 0 Å². The molecule has 1 aliphatic heterocycles. The standard InChI is InChI=1S/C11H17N3OS/c1-6-10(16-8(3)13-6)11(15)14-5-4-9(12)7(14)2/h7,9H,4-5,12H2,1-3H3. The summed E-state index contributed by atoms with van der Waals surface area (Å²) in [4.78, 5) is 19.2. The lowest BCUT2D eigenvalue weighted by molar-refractivity contribution is 0.0746. The molecular weight excluding hydrogens is 222 g/mol. The first-order valence-corrected chi connectivity index (χ1v) is 6.33. The molecule has 2 atom stereocenters. The Labute approximate surface area is 99.5 Å². The van der Waals surface area contributed by atoms with Crippen molar-refractivity contribution in [3.05, 3.63) is 15.6 Å². The van der Waals surface area contributed by atoms with Crippen LogP contribution < -0.4 is 5.73 Å². The Hall–Kier alpha value is -0.940. The van der Waals surface area contributed by atoms with E-state index in [0.717, 1.165) is 28.5 Å². The summed E-state index contributed by atoms with van der Waals surface area (Å²) in [5.41, 5.74) is 6.76. The minimum atomic E-state index is 0.0866. The lowest BCUT2D eigenvalue weighted by Gasteiger charge is -2.22. The van der Waals surface area contributed by atoms with Crippen LogP contribution in [0.15, 0.2) is 0 Å². The molecule has 0 radical (unpaired) electrons. The molecule has 1 saturated heterocycles. The second kappa shape index (κ2) is 4.14. The zero-order chi connectivity index (χ0) is 11.9. The van der Waals surface area contributed by atoms with E-state index in [9.17, 15) is 4.79 Å². The van der Waals surface area contributed by atoms with Gasteiger partial charge in [-0.05, 0) is 27.2 Å². The first kappa shape index (κ1) is 11.5. The molecule has 0 aromatic carbocycles. The van der Waals surface area contributed by atoms with Crippen LogP contribution in [0.3, 0.4) is 0 Å². The molecule has 2 unspecified atom stereocenters. The van der Waals surface area contributed by atoms with E-state index in [4.69, 9.17) is 5.73 Å². The minimum Gasteiger partial charge on any atom is -0.334 e. The number of thiazole rings is 1. The van der Waals surface area contributed by atoms with Gasteiger partial charge in [-0.1, -0.05) is 0 Å². The molecule has 0 aliphatic carbocycles.